The average Bonchev–Trinajstić information content (AvgIpc) is 3.21. The summed E-state index contributed by atoms with van der Waals surface area (Å²) < 4.78 is 28.1. The lowest BCUT2D eigenvalue weighted by molar-refractivity contribution is 0.114. The van der Waals surface area contributed by atoms with Crippen molar-refractivity contribution >= 4 is 21.1 Å². The number of hydrazine groups is 1. The molecule has 1 aliphatic heterocycles. The van der Waals surface area contributed by atoms with Gasteiger partial charge in [0, 0.05) is 32.7 Å². The van der Waals surface area contributed by atoms with Crippen molar-refractivity contribution in [2.75, 3.05) is 32.7 Å². The summed E-state index contributed by atoms with van der Waals surface area (Å²) in [5.74, 6) is 0.945. The fourth-order valence-corrected chi connectivity index (χ4v) is 6.23. The molecule has 1 fully saturated rings. The number of nitrogens with one attached hydrogen (secondary N) is 1. The van der Waals surface area contributed by atoms with Crippen LogP contribution in [-0.2, 0) is 16.6 Å². The number of aromatic nitrogens is 2. The molecule has 7 nitrogen and oxygen atoms in total. The Kier molecular flexibility index (Phi) is 10.1. The lowest BCUT2D eigenvalue weighted by Crippen LogP contribution is -2.53. The summed E-state index contributed by atoms with van der Waals surface area (Å²) >= 11 is 0. The van der Waals surface area contributed by atoms with Crippen molar-refractivity contribution in [1.29, 1.82) is 0 Å². The Morgan fingerprint density at radius 3 is 2.19 bits per heavy atom. The van der Waals surface area contributed by atoms with Crippen molar-refractivity contribution in [3.63, 3.8) is 0 Å². The molecule has 202 valence electrons. The fourth-order valence-electron chi connectivity index (χ4n) is 5.11. The maximum Gasteiger partial charge on any atom is 0.253 e. The second-order valence-electron chi connectivity index (χ2n) is 10.3. The highest BCUT2D eigenvalue weighted by Crippen LogP contribution is 2.19. The van der Waals surface area contributed by atoms with Gasteiger partial charge in [-0.3, -0.25) is 0 Å². The highest BCUT2D eigenvalue weighted by molar-refractivity contribution is 7.89. The number of fused-ring (bicyclic) bond motifs is 1. The molecule has 8 heteroatoms. The number of piperazine rings is 1. The van der Waals surface area contributed by atoms with E-state index in [4.69, 9.17) is 0 Å². The summed E-state index contributed by atoms with van der Waals surface area (Å²) in [5.41, 5.74) is 3.10. The van der Waals surface area contributed by atoms with Gasteiger partial charge in [0.15, 0.2) is 0 Å². The van der Waals surface area contributed by atoms with Crippen LogP contribution >= 0.6 is 0 Å². The van der Waals surface area contributed by atoms with Gasteiger partial charge in [0.1, 0.15) is 5.82 Å². The number of para-hydroxylation sites is 2. The van der Waals surface area contributed by atoms with E-state index in [9.17, 15) is 8.42 Å². The van der Waals surface area contributed by atoms with E-state index in [1.54, 1.807) is 12.1 Å². The van der Waals surface area contributed by atoms with Crippen LogP contribution in [0.25, 0.3) is 11.0 Å². The first-order valence-corrected chi connectivity index (χ1v) is 15.4. The fraction of sp³-hybridized carbons (Fsp3) is 0.552. The summed E-state index contributed by atoms with van der Waals surface area (Å²) in [6, 6.07) is 15.3. The molecule has 0 unspecified atom stereocenters. The largest absolute Gasteiger partial charge is 0.324 e. The van der Waals surface area contributed by atoms with Gasteiger partial charge in [-0.05, 0) is 49.7 Å². The van der Waals surface area contributed by atoms with Crippen LogP contribution in [0.1, 0.15) is 69.7 Å². The molecule has 1 saturated heterocycles. The Morgan fingerprint density at radius 1 is 0.838 bits per heavy atom. The van der Waals surface area contributed by atoms with Gasteiger partial charge < -0.3 is 9.47 Å². The molecule has 1 aliphatic rings. The van der Waals surface area contributed by atoms with Crippen LogP contribution in [0.3, 0.4) is 0 Å². The molecule has 0 radical (unpaired) electrons. The van der Waals surface area contributed by atoms with Gasteiger partial charge in [0.2, 0.25) is 0 Å². The van der Waals surface area contributed by atoms with E-state index in [-0.39, 0.29) is 0 Å². The van der Waals surface area contributed by atoms with Crippen LogP contribution < -0.4 is 4.83 Å². The molecule has 37 heavy (non-hydrogen) atoms. The van der Waals surface area contributed by atoms with E-state index < -0.39 is 10.0 Å². The zero-order valence-electron chi connectivity index (χ0n) is 22.5. The van der Waals surface area contributed by atoms with Gasteiger partial charge in [-0.1, -0.05) is 76.1 Å². The number of unbranched alkanes of at least 4 members (excludes halogenated alkanes) is 7. The second-order valence-corrected chi connectivity index (χ2v) is 11.9. The lowest BCUT2D eigenvalue weighted by atomic mass is 10.1. The molecule has 0 bridgehead atoms. The zero-order valence-corrected chi connectivity index (χ0v) is 23.3. The first-order chi connectivity index (χ1) is 18.0. The summed E-state index contributed by atoms with van der Waals surface area (Å²) in [7, 11) is -3.59. The molecule has 1 N–H and O–H groups in total. The van der Waals surface area contributed by atoms with Crippen molar-refractivity contribution in [1.82, 2.24) is 24.3 Å². The Balaban J connectivity index is 1.21. The Hall–Kier alpha value is -2.26. The van der Waals surface area contributed by atoms with Crippen molar-refractivity contribution in [2.24, 2.45) is 0 Å². The third kappa shape index (κ3) is 7.87. The number of aryl methyl sites for hydroxylation is 1. The normalized spacial score (nSPS) is 15.5. The van der Waals surface area contributed by atoms with Crippen LogP contribution in [0.2, 0.25) is 0 Å². The van der Waals surface area contributed by atoms with Gasteiger partial charge in [0.25, 0.3) is 10.0 Å². The number of imidazole rings is 1. The molecule has 2 aromatic carbocycles. The molecule has 0 saturated carbocycles. The van der Waals surface area contributed by atoms with E-state index >= 15 is 0 Å². The smallest absolute Gasteiger partial charge is 0.253 e. The highest BCUT2D eigenvalue weighted by atomic mass is 32.2. The van der Waals surface area contributed by atoms with Crippen LogP contribution in [0.15, 0.2) is 53.4 Å². The minimum absolute atomic E-state index is 0.296. The number of benzene rings is 2. The monoisotopic (exact) mass is 525 g/mol. The molecule has 3 aromatic rings. The maximum absolute atomic E-state index is 13.0. The summed E-state index contributed by atoms with van der Waals surface area (Å²) in [6.45, 7) is 9.24. The van der Waals surface area contributed by atoms with E-state index in [0.29, 0.717) is 24.5 Å². The Morgan fingerprint density at radius 2 is 1.49 bits per heavy atom. The molecule has 0 amide bonds. The molecule has 0 atom stereocenters. The van der Waals surface area contributed by atoms with E-state index in [1.807, 2.05) is 42.3 Å². The summed E-state index contributed by atoms with van der Waals surface area (Å²) in [6.07, 6.45) is 10.6. The van der Waals surface area contributed by atoms with Gasteiger partial charge in [-0.15, -0.1) is 4.83 Å². The van der Waals surface area contributed by atoms with Crippen LogP contribution in [0, 0.1) is 6.92 Å². The Labute approximate surface area is 222 Å². The predicted molar refractivity (Wildman–Crippen MR) is 151 cm³/mol. The minimum Gasteiger partial charge on any atom is -0.324 e. The first-order valence-electron chi connectivity index (χ1n) is 14.0. The van der Waals surface area contributed by atoms with Crippen molar-refractivity contribution in [3.05, 3.63) is 59.9 Å². The molecule has 2 heterocycles. The minimum atomic E-state index is -3.59. The van der Waals surface area contributed by atoms with Crippen molar-refractivity contribution in [2.45, 2.75) is 76.7 Å². The Bertz CT molecular complexity index is 1210. The molecular weight excluding hydrogens is 482 g/mol. The van der Waals surface area contributed by atoms with E-state index in [1.165, 1.54) is 51.4 Å². The number of hydrogen-bond acceptors (Lipinski definition) is 5. The van der Waals surface area contributed by atoms with Gasteiger partial charge >= 0.3 is 0 Å². The molecule has 1 aromatic heterocycles. The molecule has 0 spiro atoms. The maximum atomic E-state index is 13.0. The number of rotatable bonds is 14. The van der Waals surface area contributed by atoms with E-state index in [0.717, 1.165) is 42.1 Å². The van der Waals surface area contributed by atoms with Crippen LogP contribution in [0.5, 0.6) is 0 Å². The lowest BCUT2D eigenvalue weighted by Gasteiger charge is -2.34. The second kappa shape index (κ2) is 13.5. The third-order valence-electron chi connectivity index (χ3n) is 7.37. The predicted octanol–water partition coefficient (Wildman–Crippen LogP) is 5.34. The highest BCUT2D eigenvalue weighted by Gasteiger charge is 2.22. The number of sulfonamides is 1. The summed E-state index contributed by atoms with van der Waals surface area (Å²) in [4.78, 5) is 10.2. The van der Waals surface area contributed by atoms with Gasteiger partial charge in [-0.25, -0.2) is 18.4 Å². The molecule has 4 rings (SSSR count). The van der Waals surface area contributed by atoms with E-state index in [2.05, 4.69) is 32.3 Å². The van der Waals surface area contributed by atoms with Gasteiger partial charge in [0.05, 0.1) is 15.9 Å². The van der Waals surface area contributed by atoms with Crippen LogP contribution in [-0.4, -0.2) is 60.6 Å². The standard InChI is InChI=1S/C29H43N5O2S/c1-3-4-5-6-7-8-9-12-19-32-20-22-33(23-21-32)31-37(35,36)27-17-15-26(16-18-27)24-34-25(2)30-28-13-10-11-14-29(28)34/h10-11,13-18,31H,3-9,12,19-24H2,1-2H3. The number of nitrogens with zero attached hydrogens (tertiary/aromatic N) is 4. The molecular formula is C29H43N5O2S. The molecule has 0 aliphatic carbocycles. The topological polar surface area (TPSA) is 70.5 Å². The summed E-state index contributed by atoms with van der Waals surface area (Å²) in [5, 5.41) is 1.84. The zero-order chi connectivity index (χ0) is 26.1. The van der Waals surface area contributed by atoms with Crippen molar-refractivity contribution in [3.8, 4) is 0 Å². The average molecular weight is 526 g/mol. The van der Waals surface area contributed by atoms with Crippen molar-refractivity contribution < 1.29 is 8.42 Å². The quantitative estimate of drug-likeness (QED) is 0.288. The SMILES string of the molecule is CCCCCCCCCCN1CCN(NS(=O)(=O)c2ccc(Cn3c(C)nc4ccccc43)cc2)CC1. The first kappa shape index (κ1) is 27.8. The van der Waals surface area contributed by atoms with Crippen LogP contribution in [0.4, 0.5) is 0 Å². The van der Waals surface area contributed by atoms with Gasteiger partial charge in [-0.2, -0.15) is 0 Å². The number of hydrogen-bond donors (Lipinski definition) is 1. The third-order valence-corrected chi connectivity index (χ3v) is 8.76.